The summed E-state index contributed by atoms with van der Waals surface area (Å²) in [7, 11) is 1.73. The molecular formula is C13H16F2N2. The molecule has 0 aliphatic rings. The van der Waals surface area contributed by atoms with E-state index in [1.807, 2.05) is 13.8 Å². The van der Waals surface area contributed by atoms with Crippen LogP contribution in [0, 0.1) is 18.6 Å². The molecule has 0 N–H and O–H groups in total. The summed E-state index contributed by atoms with van der Waals surface area (Å²) in [5.74, 6) is -1.65. The highest BCUT2D eigenvalue weighted by molar-refractivity contribution is 5.63. The van der Waals surface area contributed by atoms with Gasteiger partial charge in [-0.05, 0) is 24.6 Å². The first-order chi connectivity index (χ1) is 8.08. The topological polar surface area (TPSA) is 17.8 Å². The van der Waals surface area contributed by atoms with E-state index in [-0.39, 0.29) is 5.56 Å². The average Bonchev–Trinajstić information content (AvgIpc) is 2.73. The van der Waals surface area contributed by atoms with Crippen molar-refractivity contribution in [1.29, 1.82) is 0 Å². The monoisotopic (exact) mass is 238 g/mol. The molecule has 4 heteroatoms. The van der Waals surface area contributed by atoms with Crippen molar-refractivity contribution in [1.82, 2.24) is 9.78 Å². The minimum Gasteiger partial charge on any atom is -0.275 e. The van der Waals surface area contributed by atoms with Gasteiger partial charge in [-0.3, -0.25) is 4.68 Å². The van der Waals surface area contributed by atoms with Crippen molar-refractivity contribution in [3.8, 4) is 11.1 Å². The summed E-state index contributed by atoms with van der Waals surface area (Å²) in [5, 5.41) is 3.92. The molecule has 0 aliphatic heterocycles. The van der Waals surface area contributed by atoms with Gasteiger partial charge < -0.3 is 0 Å². The SMILES string of the molecule is CC.Cc1cc(F)c(F)c(-c2cnn(C)c2)c1. The van der Waals surface area contributed by atoms with Gasteiger partial charge in [-0.1, -0.05) is 13.8 Å². The van der Waals surface area contributed by atoms with Crippen LogP contribution < -0.4 is 0 Å². The Morgan fingerprint density at radius 2 is 1.82 bits per heavy atom. The predicted molar refractivity (Wildman–Crippen MR) is 64.6 cm³/mol. The van der Waals surface area contributed by atoms with Crippen molar-refractivity contribution < 1.29 is 8.78 Å². The van der Waals surface area contributed by atoms with Crippen LogP contribution in [0.15, 0.2) is 24.5 Å². The summed E-state index contributed by atoms with van der Waals surface area (Å²) in [6.45, 7) is 5.72. The molecule has 0 fully saturated rings. The second kappa shape index (κ2) is 5.57. The first-order valence-electron chi connectivity index (χ1n) is 5.52. The maximum atomic E-state index is 13.5. The van der Waals surface area contributed by atoms with Crippen molar-refractivity contribution in [3.63, 3.8) is 0 Å². The van der Waals surface area contributed by atoms with Crippen LogP contribution in [0.5, 0.6) is 0 Å². The first-order valence-corrected chi connectivity index (χ1v) is 5.52. The van der Waals surface area contributed by atoms with Gasteiger partial charge in [0, 0.05) is 24.4 Å². The van der Waals surface area contributed by atoms with Gasteiger partial charge in [0.2, 0.25) is 0 Å². The van der Waals surface area contributed by atoms with E-state index in [4.69, 9.17) is 0 Å². The largest absolute Gasteiger partial charge is 0.275 e. The summed E-state index contributed by atoms with van der Waals surface area (Å²) in [4.78, 5) is 0. The molecule has 0 bridgehead atoms. The van der Waals surface area contributed by atoms with Crippen LogP contribution in [0.4, 0.5) is 8.78 Å². The lowest BCUT2D eigenvalue weighted by atomic mass is 10.1. The summed E-state index contributed by atoms with van der Waals surface area (Å²) in [6, 6.07) is 2.78. The third-order valence-electron chi connectivity index (χ3n) is 2.19. The van der Waals surface area contributed by atoms with E-state index in [1.165, 1.54) is 12.3 Å². The lowest BCUT2D eigenvalue weighted by Crippen LogP contribution is -1.90. The quantitative estimate of drug-likeness (QED) is 0.740. The van der Waals surface area contributed by atoms with Gasteiger partial charge in [-0.25, -0.2) is 8.78 Å². The fraction of sp³-hybridized carbons (Fsp3) is 0.308. The van der Waals surface area contributed by atoms with Gasteiger partial charge in [-0.2, -0.15) is 5.10 Å². The molecule has 17 heavy (non-hydrogen) atoms. The van der Waals surface area contributed by atoms with Crippen molar-refractivity contribution in [2.45, 2.75) is 20.8 Å². The molecule has 2 aromatic rings. The van der Waals surface area contributed by atoms with Crippen LogP contribution >= 0.6 is 0 Å². The number of aromatic nitrogens is 2. The summed E-state index contributed by atoms with van der Waals surface area (Å²) in [6.07, 6.45) is 3.16. The van der Waals surface area contributed by atoms with E-state index < -0.39 is 11.6 Å². The van der Waals surface area contributed by atoms with Crippen LogP contribution in [0.1, 0.15) is 19.4 Å². The number of rotatable bonds is 1. The van der Waals surface area contributed by atoms with Crippen molar-refractivity contribution in [2.75, 3.05) is 0 Å². The minimum atomic E-state index is -0.825. The van der Waals surface area contributed by atoms with E-state index in [0.717, 1.165) is 0 Å². The number of halogens is 2. The second-order valence-corrected chi connectivity index (χ2v) is 3.51. The third kappa shape index (κ3) is 2.90. The lowest BCUT2D eigenvalue weighted by Gasteiger charge is -2.02. The Morgan fingerprint density at radius 3 is 2.35 bits per heavy atom. The van der Waals surface area contributed by atoms with E-state index in [9.17, 15) is 8.78 Å². The highest BCUT2D eigenvalue weighted by Crippen LogP contribution is 2.25. The van der Waals surface area contributed by atoms with Crippen LogP contribution in [0.3, 0.4) is 0 Å². The highest BCUT2D eigenvalue weighted by atomic mass is 19.2. The number of hydrogen-bond acceptors (Lipinski definition) is 1. The Kier molecular flexibility index (Phi) is 4.37. The Balaban J connectivity index is 0.000000686. The molecule has 1 aromatic carbocycles. The summed E-state index contributed by atoms with van der Waals surface area (Å²) < 4.78 is 28.1. The Hall–Kier alpha value is -1.71. The van der Waals surface area contributed by atoms with Gasteiger partial charge in [-0.15, -0.1) is 0 Å². The molecule has 0 amide bonds. The van der Waals surface area contributed by atoms with Gasteiger partial charge in [0.15, 0.2) is 11.6 Å². The van der Waals surface area contributed by atoms with E-state index in [0.29, 0.717) is 11.1 Å². The zero-order chi connectivity index (χ0) is 13.0. The number of aryl methyl sites for hydroxylation is 2. The normalized spacial score (nSPS) is 9.76. The molecular weight excluding hydrogens is 222 g/mol. The van der Waals surface area contributed by atoms with E-state index in [2.05, 4.69) is 5.10 Å². The lowest BCUT2D eigenvalue weighted by molar-refractivity contribution is 0.510. The second-order valence-electron chi connectivity index (χ2n) is 3.51. The Bertz CT molecular complexity index is 504. The maximum Gasteiger partial charge on any atom is 0.166 e. The smallest absolute Gasteiger partial charge is 0.166 e. The number of benzene rings is 1. The van der Waals surface area contributed by atoms with E-state index in [1.54, 1.807) is 30.9 Å². The standard InChI is InChI=1S/C11H10F2N2.C2H6/c1-7-3-9(11(13)10(12)4-7)8-5-14-15(2)6-8;1-2/h3-6H,1-2H3;1-2H3. The van der Waals surface area contributed by atoms with Crippen molar-refractivity contribution >= 4 is 0 Å². The molecule has 0 spiro atoms. The summed E-state index contributed by atoms with van der Waals surface area (Å²) in [5.41, 5.74) is 1.52. The third-order valence-corrected chi connectivity index (χ3v) is 2.19. The Labute approximate surface area is 99.9 Å². The molecule has 0 saturated heterocycles. The van der Waals surface area contributed by atoms with Crippen molar-refractivity contribution in [2.24, 2.45) is 7.05 Å². The van der Waals surface area contributed by atoms with Crippen LogP contribution in [-0.4, -0.2) is 9.78 Å². The molecule has 0 atom stereocenters. The fourth-order valence-electron chi connectivity index (χ4n) is 1.49. The van der Waals surface area contributed by atoms with Crippen molar-refractivity contribution in [3.05, 3.63) is 41.7 Å². The predicted octanol–water partition coefficient (Wildman–Crippen LogP) is 3.70. The highest BCUT2D eigenvalue weighted by Gasteiger charge is 2.12. The molecule has 1 heterocycles. The fourth-order valence-corrected chi connectivity index (χ4v) is 1.49. The minimum absolute atomic E-state index is 0.251. The average molecular weight is 238 g/mol. The zero-order valence-corrected chi connectivity index (χ0v) is 10.5. The first kappa shape index (κ1) is 13.4. The molecule has 0 aliphatic carbocycles. The molecule has 92 valence electrons. The molecule has 2 rings (SSSR count). The van der Waals surface area contributed by atoms with Gasteiger partial charge >= 0.3 is 0 Å². The zero-order valence-electron chi connectivity index (χ0n) is 10.5. The summed E-state index contributed by atoms with van der Waals surface area (Å²) >= 11 is 0. The van der Waals surface area contributed by atoms with Gasteiger partial charge in [0.05, 0.1) is 6.20 Å². The molecule has 1 aromatic heterocycles. The Morgan fingerprint density at radius 1 is 1.18 bits per heavy atom. The molecule has 0 radical (unpaired) electrons. The van der Waals surface area contributed by atoms with Gasteiger partial charge in [0.1, 0.15) is 0 Å². The van der Waals surface area contributed by atoms with E-state index >= 15 is 0 Å². The van der Waals surface area contributed by atoms with Crippen LogP contribution in [-0.2, 0) is 7.05 Å². The number of hydrogen-bond donors (Lipinski definition) is 0. The van der Waals surface area contributed by atoms with Crippen LogP contribution in [0.2, 0.25) is 0 Å². The molecule has 2 nitrogen and oxygen atoms in total. The van der Waals surface area contributed by atoms with Crippen LogP contribution in [0.25, 0.3) is 11.1 Å². The maximum absolute atomic E-state index is 13.5. The van der Waals surface area contributed by atoms with Gasteiger partial charge in [0.25, 0.3) is 0 Å². The molecule has 0 unspecified atom stereocenters. The molecule has 0 saturated carbocycles. The number of nitrogens with zero attached hydrogens (tertiary/aromatic N) is 2.